The van der Waals surface area contributed by atoms with Gasteiger partial charge in [-0.2, -0.15) is 5.26 Å². The second-order valence-electron chi connectivity index (χ2n) is 5.77. The first-order valence-corrected chi connectivity index (χ1v) is 8.07. The van der Waals surface area contributed by atoms with Gasteiger partial charge in [0, 0.05) is 6.04 Å². The first-order valence-electron chi connectivity index (χ1n) is 8.07. The molecule has 0 aliphatic carbocycles. The van der Waals surface area contributed by atoms with Gasteiger partial charge in [-0.1, -0.05) is 12.1 Å². The summed E-state index contributed by atoms with van der Waals surface area (Å²) in [6, 6.07) is 15.0. The fraction of sp³-hybridized carbons (Fsp3) is 0.211. The van der Waals surface area contributed by atoms with Crippen molar-refractivity contribution < 1.29 is 14.3 Å². The Morgan fingerprint density at radius 1 is 1.04 bits per heavy atom. The van der Waals surface area contributed by atoms with Crippen LogP contribution in [0, 0.1) is 11.3 Å². The summed E-state index contributed by atoms with van der Waals surface area (Å²) in [6.45, 7) is 3.51. The molecule has 0 saturated carbocycles. The minimum absolute atomic E-state index is 0.00225. The Balaban J connectivity index is 1.93. The summed E-state index contributed by atoms with van der Waals surface area (Å²) in [5.74, 6) is 0.120. The van der Waals surface area contributed by atoms with Gasteiger partial charge >= 0.3 is 6.03 Å². The van der Waals surface area contributed by atoms with E-state index >= 15 is 0 Å². The molecule has 3 N–H and O–H groups in total. The molecule has 2 rings (SSSR count). The van der Waals surface area contributed by atoms with Gasteiger partial charge in [-0.05, 0) is 50.2 Å². The molecule has 26 heavy (non-hydrogen) atoms. The average molecular weight is 352 g/mol. The molecule has 0 aromatic heterocycles. The van der Waals surface area contributed by atoms with Crippen LogP contribution < -0.4 is 20.7 Å². The van der Waals surface area contributed by atoms with Crippen molar-refractivity contribution in [1.29, 1.82) is 5.26 Å². The van der Waals surface area contributed by atoms with Gasteiger partial charge in [0.25, 0.3) is 5.91 Å². The smallest absolute Gasteiger partial charge is 0.319 e. The van der Waals surface area contributed by atoms with Crippen molar-refractivity contribution in [2.45, 2.75) is 19.9 Å². The van der Waals surface area contributed by atoms with Crippen LogP contribution in [0.1, 0.15) is 19.4 Å². The number of benzene rings is 2. The molecule has 7 nitrogen and oxygen atoms in total. The van der Waals surface area contributed by atoms with Crippen LogP contribution in [0.15, 0.2) is 48.5 Å². The first kappa shape index (κ1) is 18.8. The van der Waals surface area contributed by atoms with E-state index < -0.39 is 0 Å². The van der Waals surface area contributed by atoms with Crippen LogP contribution >= 0.6 is 0 Å². The van der Waals surface area contributed by atoms with Gasteiger partial charge < -0.3 is 20.7 Å². The quantitative estimate of drug-likeness (QED) is 0.743. The number of nitriles is 1. The van der Waals surface area contributed by atoms with Gasteiger partial charge in [0.15, 0.2) is 6.61 Å². The molecule has 0 radical (unpaired) electrons. The van der Waals surface area contributed by atoms with Crippen molar-refractivity contribution >= 4 is 23.3 Å². The maximum absolute atomic E-state index is 12.1. The van der Waals surface area contributed by atoms with Crippen molar-refractivity contribution in [2.24, 2.45) is 0 Å². The van der Waals surface area contributed by atoms with Crippen LogP contribution in [-0.4, -0.2) is 24.6 Å². The third-order valence-corrected chi connectivity index (χ3v) is 3.22. The number of carbonyl (C=O) groups excluding carboxylic acids is 2. The predicted octanol–water partition coefficient (Wildman–Crippen LogP) is 3.11. The number of nitrogens with one attached hydrogen (secondary N) is 3. The number of para-hydroxylation sites is 2. The number of rotatable bonds is 6. The maximum atomic E-state index is 12.1. The van der Waals surface area contributed by atoms with E-state index in [9.17, 15) is 9.59 Å². The van der Waals surface area contributed by atoms with Crippen LogP contribution in [0.5, 0.6) is 5.75 Å². The molecule has 134 valence electrons. The second-order valence-corrected chi connectivity index (χ2v) is 5.77. The maximum Gasteiger partial charge on any atom is 0.319 e. The van der Waals surface area contributed by atoms with Crippen molar-refractivity contribution in [3.8, 4) is 11.8 Å². The number of hydrogen-bond acceptors (Lipinski definition) is 4. The SMILES string of the molecule is CC(C)NC(=O)Nc1ccccc1NC(=O)COc1ccc(C#N)cc1. The Bertz CT molecular complexity index is 810. The van der Waals surface area contributed by atoms with Crippen molar-refractivity contribution in [2.75, 3.05) is 17.2 Å². The molecule has 3 amide bonds. The molecule has 0 bridgehead atoms. The molecule has 0 spiro atoms. The zero-order valence-corrected chi connectivity index (χ0v) is 14.6. The van der Waals surface area contributed by atoms with Gasteiger partial charge in [-0.3, -0.25) is 4.79 Å². The highest BCUT2D eigenvalue weighted by atomic mass is 16.5. The Morgan fingerprint density at radius 2 is 1.65 bits per heavy atom. The molecule has 0 fully saturated rings. The van der Waals surface area contributed by atoms with Crippen molar-refractivity contribution in [1.82, 2.24) is 5.32 Å². The molecule has 0 heterocycles. The lowest BCUT2D eigenvalue weighted by atomic mass is 10.2. The lowest BCUT2D eigenvalue weighted by Gasteiger charge is -2.14. The molecule has 0 aliphatic rings. The average Bonchev–Trinajstić information content (AvgIpc) is 2.61. The lowest BCUT2D eigenvalue weighted by Crippen LogP contribution is -2.34. The molecule has 7 heteroatoms. The molecule has 0 unspecified atom stereocenters. The monoisotopic (exact) mass is 352 g/mol. The Morgan fingerprint density at radius 3 is 2.23 bits per heavy atom. The summed E-state index contributed by atoms with van der Waals surface area (Å²) in [5.41, 5.74) is 1.47. The molecular formula is C19H20N4O3. The Labute approximate surface area is 152 Å². The van der Waals surface area contributed by atoms with Crippen LogP contribution in [0.4, 0.5) is 16.2 Å². The van der Waals surface area contributed by atoms with Gasteiger partial charge in [-0.25, -0.2) is 4.79 Å². The van der Waals surface area contributed by atoms with Crippen molar-refractivity contribution in [3.63, 3.8) is 0 Å². The Kier molecular flexibility index (Phi) is 6.57. The van der Waals surface area contributed by atoms with Gasteiger partial charge in [0.05, 0.1) is 23.0 Å². The van der Waals surface area contributed by atoms with E-state index in [1.54, 1.807) is 48.5 Å². The number of ether oxygens (including phenoxy) is 1. The molecule has 0 saturated heterocycles. The third kappa shape index (κ3) is 5.83. The zero-order valence-electron chi connectivity index (χ0n) is 14.6. The molecular weight excluding hydrogens is 332 g/mol. The molecule has 2 aromatic carbocycles. The number of hydrogen-bond donors (Lipinski definition) is 3. The summed E-state index contributed by atoms with van der Waals surface area (Å²) in [7, 11) is 0. The number of nitrogens with zero attached hydrogens (tertiary/aromatic N) is 1. The highest BCUT2D eigenvalue weighted by Crippen LogP contribution is 2.21. The minimum atomic E-state index is -0.368. The standard InChI is InChI=1S/C19H20N4O3/c1-13(2)21-19(25)23-17-6-4-3-5-16(17)22-18(24)12-26-15-9-7-14(11-20)8-10-15/h3-10,13H,12H2,1-2H3,(H,22,24)(H2,21,23,25). The summed E-state index contributed by atoms with van der Waals surface area (Å²) >= 11 is 0. The topological polar surface area (TPSA) is 103 Å². The van der Waals surface area contributed by atoms with Crippen LogP contribution in [-0.2, 0) is 4.79 Å². The van der Waals surface area contributed by atoms with E-state index in [1.807, 2.05) is 19.9 Å². The van der Waals surface area contributed by atoms with Crippen molar-refractivity contribution in [3.05, 3.63) is 54.1 Å². The minimum Gasteiger partial charge on any atom is -0.484 e. The van der Waals surface area contributed by atoms with E-state index in [1.165, 1.54) is 0 Å². The number of anilines is 2. The van der Waals surface area contributed by atoms with Gasteiger partial charge in [0.2, 0.25) is 0 Å². The Hall–Kier alpha value is -3.53. The number of carbonyl (C=O) groups is 2. The lowest BCUT2D eigenvalue weighted by molar-refractivity contribution is -0.118. The predicted molar refractivity (Wildman–Crippen MR) is 99.0 cm³/mol. The van der Waals surface area contributed by atoms with Crippen LogP contribution in [0.2, 0.25) is 0 Å². The van der Waals surface area contributed by atoms with E-state index in [0.29, 0.717) is 22.7 Å². The van der Waals surface area contributed by atoms with Gasteiger partial charge in [0.1, 0.15) is 5.75 Å². The van der Waals surface area contributed by atoms with E-state index in [4.69, 9.17) is 10.00 Å². The second kappa shape index (κ2) is 9.08. The van der Waals surface area contributed by atoms with Gasteiger partial charge in [-0.15, -0.1) is 0 Å². The number of urea groups is 1. The molecule has 0 atom stereocenters. The summed E-state index contributed by atoms with van der Waals surface area (Å²) in [6.07, 6.45) is 0. The van der Waals surface area contributed by atoms with Crippen LogP contribution in [0.25, 0.3) is 0 Å². The van der Waals surface area contributed by atoms with E-state index in [0.717, 1.165) is 0 Å². The largest absolute Gasteiger partial charge is 0.484 e. The van der Waals surface area contributed by atoms with E-state index in [-0.39, 0.29) is 24.6 Å². The fourth-order valence-electron chi connectivity index (χ4n) is 2.08. The first-order chi connectivity index (χ1) is 12.5. The van der Waals surface area contributed by atoms with E-state index in [2.05, 4.69) is 16.0 Å². The molecule has 0 aliphatic heterocycles. The highest BCUT2D eigenvalue weighted by Gasteiger charge is 2.10. The highest BCUT2D eigenvalue weighted by molar-refractivity contribution is 5.99. The summed E-state index contributed by atoms with van der Waals surface area (Å²) in [4.78, 5) is 23.9. The summed E-state index contributed by atoms with van der Waals surface area (Å²) < 4.78 is 5.39. The fourth-order valence-corrected chi connectivity index (χ4v) is 2.08. The normalized spacial score (nSPS) is 9.92. The third-order valence-electron chi connectivity index (χ3n) is 3.22. The summed E-state index contributed by atoms with van der Waals surface area (Å²) in [5, 5.41) is 16.9. The number of amides is 3. The van der Waals surface area contributed by atoms with Crippen LogP contribution in [0.3, 0.4) is 0 Å². The molecule has 2 aromatic rings. The zero-order chi connectivity index (χ0) is 18.9.